The van der Waals surface area contributed by atoms with Crippen LogP contribution in [-0.2, 0) is 14.3 Å². The van der Waals surface area contributed by atoms with Crippen molar-refractivity contribution in [2.75, 3.05) is 18.5 Å². The Morgan fingerprint density at radius 2 is 1.95 bits per heavy atom. The number of amides is 1. The highest BCUT2D eigenvalue weighted by atomic mass is 16.5. The monoisotopic (exact) mass is 291 g/mol. The molecule has 0 saturated heterocycles. The molecule has 0 radical (unpaired) electrons. The fraction of sp³-hybridized carbons (Fsp3) is 0.375. The first-order chi connectivity index (χ1) is 10.1. The van der Waals surface area contributed by atoms with Crippen LogP contribution in [0.2, 0.25) is 0 Å². The van der Waals surface area contributed by atoms with Crippen molar-refractivity contribution in [3.8, 4) is 0 Å². The van der Waals surface area contributed by atoms with Gasteiger partial charge in [0.25, 0.3) is 0 Å². The van der Waals surface area contributed by atoms with Gasteiger partial charge in [-0.25, -0.2) is 4.79 Å². The highest BCUT2D eigenvalue weighted by molar-refractivity contribution is 5.92. The molecule has 0 saturated carbocycles. The predicted octanol–water partition coefficient (Wildman–Crippen LogP) is 2.93. The molecule has 0 spiro atoms. The van der Waals surface area contributed by atoms with E-state index in [2.05, 4.69) is 12.2 Å². The molecule has 1 rings (SSSR count). The van der Waals surface area contributed by atoms with Crippen molar-refractivity contribution in [3.05, 3.63) is 35.9 Å². The van der Waals surface area contributed by atoms with Gasteiger partial charge in [0.1, 0.15) is 6.61 Å². The fourth-order valence-electron chi connectivity index (χ4n) is 1.66. The number of hydrogen-bond donors (Lipinski definition) is 2. The number of hydrogen-bond acceptors (Lipinski definition) is 3. The Morgan fingerprint density at radius 3 is 2.57 bits per heavy atom. The van der Waals surface area contributed by atoms with Crippen LogP contribution in [0.4, 0.5) is 5.69 Å². The average Bonchev–Trinajstić information content (AvgIpc) is 2.46. The molecule has 0 heterocycles. The second-order valence-corrected chi connectivity index (χ2v) is 4.60. The molecule has 1 amide bonds. The standard InChI is InChI=1S/C16H21NO4/c1-2-3-4-11-21-12-15(18)17-14-8-5-13(6-9-14)7-10-16(19)20/h5-10H,2-4,11-12H2,1H3,(H,17,18)(H,19,20). The second-order valence-electron chi connectivity index (χ2n) is 4.60. The number of anilines is 1. The van der Waals surface area contributed by atoms with Crippen LogP contribution < -0.4 is 5.32 Å². The molecule has 1 aromatic carbocycles. The first-order valence-electron chi connectivity index (χ1n) is 7.00. The van der Waals surface area contributed by atoms with E-state index in [1.54, 1.807) is 24.3 Å². The minimum absolute atomic E-state index is 0.0460. The van der Waals surface area contributed by atoms with Crippen molar-refractivity contribution in [2.45, 2.75) is 26.2 Å². The van der Waals surface area contributed by atoms with E-state index in [0.717, 1.165) is 30.9 Å². The van der Waals surface area contributed by atoms with E-state index in [4.69, 9.17) is 9.84 Å². The summed E-state index contributed by atoms with van der Waals surface area (Å²) in [4.78, 5) is 22.0. The van der Waals surface area contributed by atoms with Crippen LogP contribution in [0, 0.1) is 0 Å². The van der Waals surface area contributed by atoms with Crippen LogP contribution >= 0.6 is 0 Å². The van der Waals surface area contributed by atoms with Gasteiger partial charge >= 0.3 is 5.97 Å². The maximum Gasteiger partial charge on any atom is 0.328 e. The minimum atomic E-state index is -0.993. The third-order valence-electron chi connectivity index (χ3n) is 2.74. The van der Waals surface area contributed by atoms with Crippen molar-refractivity contribution >= 4 is 23.6 Å². The van der Waals surface area contributed by atoms with Gasteiger partial charge in [0.15, 0.2) is 0 Å². The third-order valence-corrected chi connectivity index (χ3v) is 2.74. The molecule has 0 bridgehead atoms. The maximum absolute atomic E-state index is 11.6. The third kappa shape index (κ3) is 7.89. The summed E-state index contributed by atoms with van der Waals surface area (Å²) in [5.74, 6) is -1.19. The summed E-state index contributed by atoms with van der Waals surface area (Å²) in [6.45, 7) is 2.76. The van der Waals surface area contributed by atoms with Crippen LogP contribution in [0.1, 0.15) is 31.7 Å². The first kappa shape index (κ1) is 16.9. The SMILES string of the molecule is CCCCCOCC(=O)Nc1ccc(C=CC(=O)O)cc1. The lowest BCUT2D eigenvalue weighted by Crippen LogP contribution is -2.18. The van der Waals surface area contributed by atoms with Crippen LogP contribution in [0.25, 0.3) is 6.08 Å². The number of carbonyl (C=O) groups excluding carboxylic acids is 1. The number of carboxylic acid groups (broad SMARTS) is 1. The summed E-state index contributed by atoms with van der Waals surface area (Å²) in [6, 6.07) is 6.90. The van der Waals surface area contributed by atoms with Gasteiger partial charge in [0, 0.05) is 18.4 Å². The summed E-state index contributed by atoms with van der Waals surface area (Å²) in [5, 5.41) is 11.2. The Kier molecular flexibility index (Phi) is 7.82. The molecule has 0 unspecified atom stereocenters. The molecule has 0 aliphatic heterocycles. The number of carboxylic acids is 1. The van der Waals surface area contributed by atoms with Crippen molar-refractivity contribution in [1.29, 1.82) is 0 Å². The van der Waals surface area contributed by atoms with E-state index < -0.39 is 5.97 Å². The molecular weight excluding hydrogens is 270 g/mol. The number of carbonyl (C=O) groups is 2. The highest BCUT2D eigenvalue weighted by Crippen LogP contribution is 2.10. The number of rotatable bonds is 9. The Bertz CT molecular complexity index is 480. The minimum Gasteiger partial charge on any atom is -0.478 e. The van der Waals surface area contributed by atoms with Crippen molar-refractivity contribution in [3.63, 3.8) is 0 Å². The average molecular weight is 291 g/mol. The molecule has 1 aromatic rings. The molecule has 0 fully saturated rings. The first-order valence-corrected chi connectivity index (χ1v) is 7.00. The zero-order chi connectivity index (χ0) is 15.5. The van der Waals surface area contributed by atoms with Crippen LogP contribution in [0.15, 0.2) is 30.3 Å². The van der Waals surface area contributed by atoms with E-state index in [0.29, 0.717) is 12.3 Å². The summed E-state index contributed by atoms with van der Waals surface area (Å²) >= 11 is 0. The Morgan fingerprint density at radius 1 is 1.24 bits per heavy atom. The van der Waals surface area contributed by atoms with E-state index in [-0.39, 0.29) is 12.5 Å². The van der Waals surface area contributed by atoms with E-state index >= 15 is 0 Å². The number of nitrogens with one attached hydrogen (secondary N) is 1. The number of ether oxygens (including phenoxy) is 1. The highest BCUT2D eigenvalue weighted by Gasteiger charge is 2.02. The Labute approximate surface area is 124 Å². The molecule has 0 aliphatic rings. The lowest BCUT2D eigenvalue weighted by Gasteiger charge is -2.06. The Balaban J connectivity index is 2.34. The number of aliphatic carboxylic acids is 1. The summed E-state index contributed by atoms with van der Waals surface area (Å²) in [5.41, 5.74) is 1.41. The molecule has 5 heteroatoms. The largest absolute Gasteiger partial charge is 0.478 e. The normalized spacial score (nSPS) is 10.7. The van der Waals surface area contributed by atoms with Gasteiger partial charge in [-0.05, 0) is 30.2 Å². The topological polar surface area (TPSA) is 75.6 Å². The number of unbranched alkanes of at least 4 members (excludes halogenated alkanes) is 2. The summed E-state index contributed by atoms with van der Waals surface area (Å²) < 4.78 is 5.27. The van der Waals surface area contributed by atoms with Gasteiger partial charge in [-0.2, -0.15) is 0 Å². The quantitative estimate of drug-likeness (QED) is 0.542. The lowest BCUT2D eigenvalue weighted by molar-refractivity contribution is -0.131. The van der Waals surface area contributed by atoms with Gasteiger partial charge in [0.2, 0.25) is 5.91 Å². The molecule has 114 valence electrons. The number of benzene rings is 1. The smallest absolute Gasteiger partial charge is 0.328 e. The van der Waals surface area contributed by atoms with Crippen molar-refractivity contribution in [2.24, 2.45) is 0 Å². The Hall–Kier alpha value is -2.14. The maximum atomic E-state index is 11.6. The van der Waals surface area contributed by atoms with Crippen LogP contribution in [0.5, 0.6) is 0 Å². The van der Waals surface area contributed by atoms with Crippen LogP contribution in [-0.4, -0.2) is 30.2 Å². The van der Waals surface area contributed by atoms with Gasteiger partial charge in [-0.3, -0.25) is 4.79 Å². The lowest BCUT2D eigenvalue weighted by atomic mass is 10.2. The zero-order valence-electron chi connectivity index (χ0n) is 12.2. The zero-order valence-corrected chi connectivity index (χ0v) is 12.2. The molecule has 21 heavy (non-hydrogen) atoms. The van der Waals surface area contributed by atoms with Gasteiger partial charge in [0.05, 0.1) is 0 Å². The van der Waals surface area contributed by atoms with Gasteiger partial charge in [-0.15, -0.1) is 0 Å². The summed E-state index contributed by atoms with van der Waals surface area (Å²) in [6.07, 6.45) is 5.75. The molecule has 0 atom stereocenters. The van der Waals surface area contributed by atoms with Crippen molar-refractivity contribution in [1.82, 2.24) is 0 Å². The predicted molar refractivity (Wildman–Crippen MR) is 82.1 cm³/mol. The molecule has 5 nitrogen and oxygen atoms in total. The fourth-order valence-corrected chi connectivity index (χ4v) is 1.66. The van der Waals surface area contributed by atoms with E-state index in [1.807, 2.05) is 0 Å². The van der Waals surface area contributed by atoms with Crippen molar-refractivity contribution < 1.29 is 19.4 Å². The van der Waals surface area contributed by atoms with Gasteiger partial charge < -0.3 is 15.2 Å². The van der Waals surface area contributed by atoms with Crippen LogP contribution in [0.3, 0.4) is 0 Å². The van der Waals surface area contributed by atoms with E-state index in [1.165, 1.54) is 6.08 Å². The second kappa shape index (κ2) is 9.72. The molecular formula is C16H21NO4. The van der Waals surface area contributed by atoms with Gasteiger partial charge in [-0.1, -0.05) is 31.9 Å². The molecule has 2 N–H and O–H groups in total. The van der Waals surface area contributed by atoms with E-state index in [9.17, 15) is 9.59 Å². The molecule has 0 aromatic heterocycles. The summed E-state index contributed by atoms with van der Waals surface area (Å²) in [7, 11) is 0. The molecule has 0 aliphatic carbocycles.